The molecular weight excluding hydrogens is 190 g/mol. The summed E-state index contributed by atoms with van der Waals surface area (Å²) < 4.78 is 0. The van der Waals surface area contributed by atoms with Crippen molar-refractivity contribution in [2.75, 3.05) is 6.61 Å². The van der Waals surface area contributed by atoms with Crippen LogP contribution in [0.15, 0.2) is 30.3 Å². The standard InChI is InChI=1S/C12H17NO2/c1-9(8-14)10(2)13-12(15)11-6-4-3-5-7-11/h3-7,9-10,14H,8H2,1-2H3,(H,13,15). The van der Waals surface area contributed by atoms with Gasteiger partial charge in [0.2, 0.25) is 0 Å². The van der Waals surface area contributed by atoms with E-state index in [9.17, 15) is 4.79 Å². The van der Waals surface area contributed by atoms with Crippen LogP contribution in [0.2, 0.25) is 0 Å². The second-order valence-corrected chi connectivity index (χ2v) is 3.79. The molecule has 0 saturated heterocycles. The first-order valence-electron chi connectivity index (χ1n) is 5.12. The molecule has 0 aromatic heterocycles. The van der Waals surface area contributed by atoms with Crippen molar-refractivity contribution in [1.29, 1.82) is 0 Å². The Bertz CT molecular complexity index is 311. The number of aliphatic hydroxyl groups excluding tert-OH is 1. The van der Waals surface area contributed by atoms with Crippen LogP contribution >= 0.6 is 0 Å². The predicted molar refractivity (Wildman–Crippen MR) is 59.6 cm³/mol. The van der Waals surface area contributed by atoms with Crippen LogP contribution < -0.4 is 5.32 Å². The van der Waals surface area contributed by atoms with E-state index < -0.39 is 0 Å². The van der Waals surface area contributed by atoms with Crippen LogP contribution in [0, 0.1) is 5.92 Å². The number of carbonyl (C=O) groups excluding carboxylic acids is 1. The summed E-state index contributed by atoms with van der Waals surface area (Å²) in [7, 11) is 0. The Morgan fingerprint density at radius 1 is 1.33 bits per heavy atom. The molecule has 3 nitrogen and oxygen atoms in total. The molecule has 1 aromatic carbocycles. The Labute approximate surface area is 90.1 Å². The van der Waals surface area contributed by atoms with Crippen molar-refractivity contribution in [3.05, 3.63) is 35.9 Å². The number of nitrogens with one attached hydrogen (secondary N) is 1. The van der Waals surface area contributed by atoms with Gasteiger partial charge in [0.05, 0.1) is 0 Å². The van der Waals surface area contributed by atoms with Gasteiger partial charge in [-0.25, -0.2) is 0 Å². The third-order valence-corrected chi connectivity index (χ3v) is 2.54. The molecule has 0 saturated carbocycles. The van der Waals surface area contributed by atoms with Gasteiger partial charge in [0.25, 0.3) is 5.91 Å². The van der Waals surface area contributed by atoms with Gasteiger partial charge in [-0.2, -0.15) is 0 Å². The van der Waals surface area contributed by atoms with Crippen LogP contribution in [0.5, 0.6) is 0 Å². The van der Waals surface area contributed by atoms with Gasteiger partial charge in [-0.3, -0.25) is 4.79 Å². The average molecular weight is 207 g/mol. The molecule has 2 unspecified atom stereocenters. The summed E-state index contributed by atoms with van der Waals surface area (Å²) in [6.45, 7) is 3.87. The molecule has 0 spiro atoms. The highest BCUT2D eigenvalue weighted by Crippen LogP contribution is 2.03. The summed E-state index contributed by atoms with van der Waals surface area (Å²) in [6, 6.07) is 9.04. The zero-order valence-corrected chi connectivity index (χ0v) is 9.10. The van der Waals surface area contributed by atoms with E-state index in [0.29, 0.717) is 5.56 Å². The lowest BCUT2D eigenvalue weighted by Crippen LogP contribution is -2.38. The van der Waals surface area contributed by atoms with Gasteiger partial charge < -0.3 is 10.4 Å². The van der Waals surface area contributed by atoms with Crippen molar-refractivity contribution in [1.82, 2.24) is 5.32 Å². The Morgan fingerprint density at radius 3 is 2.47 bits per heavy atom. The molecule has 0 aliphatic carbocycles. The van der Waals surface area contributed by atoms with E-state index in [4.69, 9.17) is 5.11 Å². The van der Waals surface area contributed by atoms with E-state index in [0.717, 1.165) is 0 Å². The van der Waals surface area contributed by atoms with Gasteiger partial charge in [0, 0.05) is 18.2 Å². The number of rotatable bonds is 4. The van der Waals surface area contributed by atoms with Crippen molar-refractivity contribution >= 4 is 5.91 Å². The number of carbonyl (C=O) groups is 1. The molecule has 0 aliphatic heterocycles. The number of benzene rings is 1. The molecule has 82 valence electrons. The Kier molecular flexibility index (Phi) is 4.31. The summed E-state index contributed by atoms with van der Waals surface area (Å²) in [5.41, 5.74) is 0.648. The van der Waals surface area contributed by atoms with Crippen molar-refractivity contribution in [3.8, 4) is 0 Å². The maximum atomic E-state index is 11.7. The molecule has 2 atom stereocenters. The summed E-state index contributed by atoms with van der Waals surface area (Å²) in [4.78, 5) is 11.7. The maximum absolute atomic E-state index is 11.7. The van der Waals surface area contributed by atoms with Gasteiger partial charge >= 0.3 is 0 Å². The third-order valence-electron chi connectivity index (χ3n) is 2.54. The average Bonchev–Trinajstić information content (AvgIpc) is 2.29. The summed E-state index contributed by atoms with van der Waals surface area (Å²) >= 11 is 0. The van der Waals surface area contributed by atoms with Gasteiger partial charge in [0.15, 0.2) is 0 Å². The fourth-order valence-corrected chi connectivity index (χ4v) is 1.18. The molecule has 3 heteroatoms. The van der Waals surface area contributed by atoms with Crippen molar-refractivity contribution in [2.24, 2.45) is 5.92 Å². The first kappa shape index (κ1) is 11.7. The fraction of sp³-hybridized carbons (Fsp3) is 0.417. The summed E-state index contributed by atoms with van der Waals surface area (Å²) in [5, 5.41) is 11.8. The second-order valence-electron chi connectivity index (χ2n) is 3.79. The zero-order valence-electron chi connectivity index (χ0n) is 9.10. The molecule has 0 radical (unpaired) electrons. The van der Waals surface area contributed by atoms with E-state index in [-0.39, 0.29) is 24.5 Å². The molecule has 1 rings (SSSR count). The van der Waals surface area contributed by atoms with Crippen LogP contribution in [0.3, 0.4) is 0 Å². The van der Waals surface area contributed by atoms with E-state index in [1.165, 1.54) is 0 Å². The predicted octanol–water partition coefficient (Wildman–Crippen LogP) is 1.43. The van der Waals surface area contributed by atoms with Crippen LogP contribution in [-0.2, 0) is 0 Å². The van der Waals surface area contributed by atoms with Crippen LogP contribution in [-0.4, -0.2) is 23.7 Å². The SMILES string of the molecule is CC(CO)C(C)NC(=O)c1ccccc1. The number of amides is 1. The van der Waals surface area contributed by atoms with Crippen molar-refractivity contribution < 1.29 is 9.90 Å². The van der Waals surface area contributed by atoms with Gasteiger partial charge in [-0.15, -0.1) is 0 Å². The quantitative estimate of drug-likeness (QED) is 0.784. The van der Waals surface area contributed by atoms with E-state index in [2.05, 4.69) is 5.32 Å². The molecule has 0 heterocycles. The molecule has 0 fully saturated rings. The molecule has 15 heavy (non-hydrogen) atoms. The minimum Gasteiger partial charge on any atom is -0.396 e. The number of hydrogen-bond donors (Lipinski definition) is 2. The van der Waals surface area contributed by atoms with Crippen molar-refractivity contribution in [3.63, 3.8) is 0 Å². The molecule has 1 aromatic rings. The minimum atomic E-state index is -0.0941. The summed E-state index contributed by atoms with van der Waals surface area (Å²) in [5.74, 6) is -0.0268. The first-order chi connectivity index (χ1) is 7.15. The molecule has 2 N–H and O–H groups in total. The lowest BCUT2D eigenvalue weighted by atomic mass is 10.0. The van der Waals surface area contributed by atoms with Crippen molar-refractivity contribution in [2.45, 2.75) is 19.9 Å². The van der Waals surface area contributed by atoms with Crippen LogP contribution in [0.1, 0.15) is 24.2 Å². The highest BCUT2D eigenvalue weighted by atomic mass is 16.3. The lowest BCUT2D eigenvalue weighted by Gasteiger charge is -2.19. The van der Waals surface area contributed by atoms with E-state index in [1.54, 1.807) is 12.1 Å². The smallest absolute Gasteiger partial charge is 0.251 e. The van der Waals surface area contributed by atoms with Crippen LogP contribution in [0.25, 0.3) is 0 Å². The minimum absolute atomic E-state index is 0.0253. The Morgan fingerprint density at radius 2 is 1.93 bits per heavy atom. The molecule has 0 bridgehead atoms. The second kappa shape index (κ2) is 5.51. The molecule has 0 aliphatic rings. The normalized spacial score (nSPS) is 14.3. The fourth-order valence-electron chi connectivity index (χ4n) is 1.18. The van der Waals surface area contributed by atoms with Crippen LogP contribution in [0.4, 0.5) is 0 Å². The largest absolute Gasteiger partial charge is 0.396 e. The zero-order chi connectivity index (χ0) is 11.3. The maximum Gasteiger partial charge on any atom is 0.251 e. The lowest BCUT2D eigenvalue weighted by molar-refractivity contribution is 0.0916. The molecule has 1 amide bonds. The first-order valence-corrected chi connectivity index (χ1v) is 5.12. The monoisotopic (exact) mass is 207 g/mol. The van der Waals surface area contributed by atoms with Gasteiger partial charge in [-0.1, -0.05) is 25.1 Å². The number of aliphatic hydroxyl groups is 1. The highest BCUT2D eigenvalue weighted by Gasteiger charge is 2.14. The Hall–Kier alpha value is -1.35. The third kappa shape index (κ3) is 3.36. The highest BCUT2D eigenvalue weighted by molar-refractivity contribution is 5.94. The topological polar surface area (TPSA) is 49.3 Å². The van der Waals surface area contributed by atoms with Gasteiger partial charge in [-0.05, 0) is 25.0 Å². The van der Waals surface area contributed by atoms with Gasteiger partial charge in [0.1, 0.15) is 0 Å². The number of hydrogen-bond acceptors (Lipinski definition) is 2. The van der Waals surface area contributed by atoms with E-state index >= 15 is 0 Å². The van der Waals surface area contributed by atoms with E-state index in [1.807, 2.05) is 32.0 Å². The summed E-state index contributed by atoms with van der Waals surface area (Å²) in [6.07, 6.45) is 0. The Balaban J connectivity index is 2.57. The molecular formula is C12H17NO2.